The van der Waals surface area contributed by atoms with Crippen LogP contribution < -0.4 is 0 Å². The molecule has 5 heavy (non-hydrogen) atoms. The minimum absolute atomic E-state index is 0. The van der Waals surface area contributed by atoms with Crippen LogP contribution in [0.3, 0.4) is 0 Å². The van der Waals surface area contributed by atoms with Crippen LogP contribution in [-0.2, 0) is 0 Å². The minimum atomic E-state index is 0. The summed E-state index contributed by atoms with van der Waals surface area (Å²) in [6.45, 7) is 4.36. The third-order valence-corrected chi connectivity index (χ3v) is 0.500. The van der Waals surface area contributed by atoms with Crippen molar-refractivity contribution < 1.29 is 0 Å². The Morgan fingerprint density at radius 3 is 1.20 bits per heavy atom. The first-order valence-corrected chi connectivity index (χ1v) is 1.91. The van der Waals surface area contributed by atoms with Crippen molar-refractivity contribution in [1.82, 2.24) is 0 Å². The van der Waals surface area contributed by atoms with E-state index in [1.807, 2.05) is 0 Å². The van der Waals surface area contributed by atoms with E-state index in [1.165, 1.54) is 12.8 Å². The van der Waals surface area contributed by atoms with Gasteiger partial charge in [-0.1, -0.05) is 26.7 Å². The molecule has 1 heteroatoms. The van der Waals surface area contributed by atoms with Crippen LogP contribution in [0, 0.1) is 0 Å². The van der Waals surface area contributed by atoms with Gasteiger partial charge in [0.15, 0.2) is 0 Å². The molecule has 0 atom stereocenters. The van der Waals surface area contributed by atoms with Crippen LogP contribution in [0.25, 0.3) is 0 Å². The topological polar surface area (TPSA) is 0 Å². The molecule has 0 rings (SSSR count). The van der Waals surface area contributed by atoms with E-state index < -0.39 is 0 Å². The molecule has 0 fully saturated rings. The third kappa shape index (κ3) is 12.2. The summed E-state index contributed by atoms with van der Waals surface area (Å²) in [4.78, 5) is 0. The molecule has 0 nitrogen and oxygen atoms in total. The predicted molar refractivity (Wildman–Crippen MR) is 27.7 cm³/mol. The van der Waals surface area contributed by atoms with Gasteiger partial charge in [0.1, 0.15) is 0 Å². The summed E-state index contributed by atoms with van der Waals surface area (Å²) < 4.78 is 0. The number of rotatable bonds is 1. The number of hydrogen-bond acceptors (Lipinski definition) is 0. The molecule has 0 amide bonds. The Bertz CT molecular complexity index is 5.61. The molecule has 0 aromatic rings. The molecular formula is C4H11Li. The second kappa shape index (κ2) is 8.82. The molecular weight excluding hydrogens is 55.0 g/mol. The fourth-order valence-electron chi connectivity index (χ4n) is 0. The molecule has 0 bridgehead atoms. The van der Waals surface area contributed by atoms with Gasteiger partial charge in [-0.15, -0.1) is 0 Å². The van der Waals surface area contributed by atoms with Crippen molar-refractivity contribution in [3.8, 4) is 0 Å². The molecule has 0 aromatic heterocycles. The first-order chi connectivity index (χ1) is 1.91. The van der Waals surface area contributed by atoms with E-state index in [4.69, 9.17) is 0 Å². The second-order valence-corrected chi connectivity index (χ2v) is 1.000. The van der Waals surface area contributed by atoms with Crippen LogP contribution in [-0.4, -0.2) is 18.9 Å². The quantitative estimate of drug-likeness (QED) is 0.403. The van der Waals surface area contributed by atoms with Crippen LogP contribution in [0.1, 0.15) is 26.7 Å². The van der Waals surface area contributed by atoms with Gasteiger partial charge >= 0.3 is 18.9 Å². The van der Waals surface area contributed by atoms with Gasteiger partial charge in [0.25, 0.3) is 0 Å². The third-order valence-electron chi connectivity index (χ3n) is 0.500. The van der Waals surface area contributed by atoms with Crippen molar-refractivity contribution in [3.63, 3.8) is 0 Å². The Kier molecular flexibility index (Phi) is 16.1. The van der Waals surface area contributed by atoms with E-state index in [1.54, 1.807) is 0 Å². The molecule has 0 aliphatic carbocycles. The zero-order valence-corrected chi connectivity index (χ0v) is 3.41. The van der Waals surface area contributed by atoms with Crippen LogP contribution in [0.15, 0.2) is 0 Å². The fraction of sp³-hybridized carbons (Fsp3) is 1.00. The molecule has 0 saturated carbocycles. The van der Waals surface area contributed by atoms with Crippen LogP contribution >= 0.6 is 0 Å². The average Bonchev–Trinajstić information content (AvgIpc) is 1.37. The monoisotopic (exact) mass is 66.1 g/mol. The van der Waals surface area contributed by atoms with Gasteiger partial charge in [-0.05, 0) is 0 Å². The SMILES string of the molecule is CCCC.[LiH]. The maximum atomic E-state index is 2.18. The van der Waals surface area contributed by atoms with Crippen molar-refractivity contribution in [2.24, 2.45) is 0 Å². The molecule has 0 unspecified atom stereocenters. The fourth-order valence-corrected chi connectivity index (χ4v) is 0. The van der Waals surface area contributed by atoms with E-state index in [2.05, 4.69) is 13.8 Å². The summed E-state index contributed by atoms with van der Waals surface area (Å²) in [7, 11) is 0. The number of unbranched alkanes of at least 4 members (excludes halogenated alkanes) is 1. The van der Waals surface area contributed by atoms with Crippen LogP contribution in [0.5, 0.6) is 0 Å². The Balaban J connectivity index is 0. The Hall–Kier alpha value is 0.597. The zero-order chi connectivity index (χ0) is 3.41. The van der Waals surface area contributed by atoms with E-state index in [-0.39, 0.29) is 18.9 Å². The molecule has 0 spiro atoms. The van der Waals surface area contributed by atoms with E-state index >= 15 is 0 Å². The maximum absolute atomic E-state index is 2.18. The second-order valence-electron chi connectivity index (χ2n) is 1.000. The summed E-state index contributed by atoms with van der Waals surface area (Å²) in [5.41, 5.74) is 0. The Morgan fingerprint density at radius 1 is 1.00 bits per heavy atom. The van der Waals surface area contributed by atoms with Crippen LogP contribution in [0.4, 0.5) is 0 Å². The standard InChI is InChI=1S/C4H10.Li.H/c1-3-4-2;;/h3-4H2,1-2H3;;. The van der Waals surface area contributed by atoms with Crippen molar-refractivity contribution in [2.75, 3.05) is 0 Å². The number of hydrogen-bond donors (Lipinski definition) is 0. The first kappa shape index (κ1) is 9.14. The molecule has 0 aromatic carbocycles. The molecule has 0 aliphatic rings. The zero-order valence-electron chi connectivity index (χ0n) is 3.41. The van der Waals surface area contributed by atoms with E-state index in [0.717, 1.165) is 0 Å². The summed E-state index contributed by atoms with van der Waals surface area (Å²) in [5.74, 6) is 0. The van der Waals surface area contributed by atoms with Crippen molar-refractivity contribution in [1.29, 1.82) is 0 Å². The van der Waals surface area contributed by atoms with Gasteiger partial charge in [0.05, 0.1) is 0 Å². The van der Waals surface area contributed by atoms with Crippen LogP contribution in [0.2, 0.25) is 0 Å². The van der Waals surface area contributed by atoms with Gasteiger partial charge in [0, 0.05) is 0 Å². The molecule has 0 heterocycles. The summed E-state index contributed by atoms with van der Waals surface area (Å²) in [6.07, 6.45) is 2.64. The van der Waals surface area contributed by atoms with Gasteiger partial charge in [-0.3, -0.25) is 0 Å². The van der Waals surface area contributed by atoms with Crippen molar-refractivity contribution >= 4 is 18.9 Å². The molecule has 0 N–H and O–H groups in total. The van der Waals surface area contributed by atoms with Gasteiger partial charge < -0.3 is 0 Å². The molecule has 0 saturated heterocycles. The first-order valence-electron chi connectivity index (χ1n) is 1.91. The molecule has 0 radical (unpaired) electrons. The summed E-state index contributed by atoms with van der Waals surface area (Å²) in [6, 6.07) is 0. The summed E-state index contributed by atoms with van der Waals surface area (Å²) in [5, 5.41) is 0. The van der Waals surface area contributed by atoms with Crippen molar-refractivity contribution in [2.45, 2.75) is 26.7 Å². The van der Waals surface area contributed by atoms with Gasteiger partial charge in [-0.2, -0.15) is 0 Å². The van der Waals surface area contributed by atoms with E-state index in [0.29, 0.717) is 0 Å². The van der Waals surface area contributed by atoms with Gasteiger partial charge in [-0.25, -0.2) is 0 Å². The molecule has 0 aliphatic heterocycles. The Morgan fingerprint density at radius 2 is 1.20 bits per heavy atom. The summed E-state index contributed by atoms with van der Waals surface area (Å²) >= 11 is 0. The normalized spacial score (nSPS) is 6.00. The predicted octanol–water partition coefficient (Wildman–Crippen LogP) is 1.16. The van der Waals surface area contributed by atoms with Gasteiger partial charge in [0.2, 0.25) is 0 Å². The van der Waals surface area contributed by atoms with E-state index in [9.17, 15) is 0 Å². The molecule has 28 valence electrons. The average molecular weight is 66.1 g/mol. The van der Waals surface area contributed by atoms with Crippen molar-refractivity contribution in [3.05, 3.63) is 0 Å². The Labute approximate surface area is 46.1 Å².